The SMILES string of the molecule is CC(C)(C)c1ccc(N(c2ccc(C(C)(C)C)cc2)c2ccc3c(c2)N(c2cccc4oc5ccccc5c24)c2cc(-c4ccccc4)cc4c2B3c2sc3cc5c(cc3c2N4c2ccc(C(C)(C)C)cc2)-c2ccccc2C5(C)C)cc1. The van der Waals surface area contributed by atoms with Gasteiger partial charge in [0.2, 0.25) is 0 Å². The van der Waals surface area contributed by atoms with Crippen molar-refractivity contribution in [1.82, 2.24) is 0 Å². The standard InChI is InChI=1S/C77H68BN3OS/c1-74(2,3)49-28-34-52(35-29-49)79(53-36-30-50(31-37-53)75(4,5)6)55-40-41-62-64(44-55)81(63-25-19-27-68-70(63)57-23-16-18-26-67(57)82-68)66-43-48(47-20-13-12-14-21-47)42-65-71(66)78(62)73-72(80(65)54-38-32-51(33-39-54)76(7,8)9)59-45-58-56-22-15-17-24-60(56)77(10,11)61(58)46-69(59)83-73/h12-46H,1-11H3. The maximum Gasteiger partial charge on any atom is 0.264 e. The normalized spacial score (nSPS) is 14.2. The Morgan fingerprint density at radius 3 is 1.69 bits per heavy atom. The van der Waals surface area contributed by atoms with Crippen LogP contribution < -0.4 is 30.4 Å². The van der Waals surface area contributed by atoms with E-state index in [1.54, 1.807) is 0 Å². The van der Waals surface area contributed by atoms with Crippen molar-refractivity contribution < 1.29 is 4.42 Å². The van der Waals surface area contributed by atoms with Gasteiger partial charge in [0, 0.05) is 65.5 Å². The lowest BCUT2D eigenvalue weighted by atomic mass is 9.36. The van der Waals surface area contributed by atoms with Gasteiger partial charge >= 0.3 is 0 Å². The summed E-state index contributed by atoms with van der Waals surface area (Å²) in [6.07, 6.45) is 0. The molecule has 0 unspecified atom stereocenters. The third kappa shape index (κ3) is 8.00. The molecule has 0 bridgehead atoms. The first-order chi connectivity index (χ1) is 39.8. The largest absolute Gasteiger partial charge is 0.456 e. The summed E-state index contributed by atoms with van der Waals surface area (Å²) in [5.74, 6) is 0. The first kappa shape index (κ1) is 51.3. The molecule has 0 spiro atoms. The molecule has 83 heavy (non-hydrogen) atoms. The number of para-hydroxylation sites is 1. The number of hydrogen-bond donors (Lipinski definition) is 0. The molecular weight excluding hydrogens is 1030 g/mol. The minimum Gasteiger partial charge on any atom is -0.456 e. The Morgan fingerprint density at radius 1 is 0.446 bits per heavy atom. The Kier molecular flexibility index (Phi) is 11.3. The quantitative estimate of drug-likeness (QED) is 0.155. The van der Waals surface area contributed by atoms with Crippen molar-refractivity contribution in [3.63, 3.8) is 0 Å². The Morgan fingerprint density at radius 2 is 1.02 bits per heavy atom. The molecule has 0 atom stereocenters. The molecular formula is C77H68BN3OS. The smallest absolute Gasteiger partial charge is 0.264 e. The van der Waals surface area contributed by atoms with Gasteiger partial charge in [-0.25, -0.2) is 0 Å². The van der Waals surface area contributed by atoms with Crippen LogP contribution in [0.4, 0.5) is 51.2 Å². The van der Waals surface area contributed by atoms with E-state index in [1.807, 2.05) is 11.3 Å². The molecule has 4 nitrogen and oxygen atoms in total. The molecule has 2 aliphatic heterocycles. The van der Waals surface area contributed by atoms with E-state index in [0.717, 1.165) is 67.3 Å². The molecule has 6 heteroatoms. The van der Waals surface area contributed by atoms with E-state index in [-0.39, 0.29) is 28.4 Å². The molecule has 0 saturated carbocycles. The van der Waals surface area contributed by atoms with Crippen molar-refractivity contribution in [1.29, 1.82) is 0 Å². The average Bonchev–Trinajstić information content (AvgIpc) is 1.91. The Balaban J connectivity index is 1.06. The second-order valence-corrected chi connectivity index (χ2v) is 28.1. The van der Waals surface area contributed by atoms with Crippen LogP contribution in [0.3, 0.4) is 0 Å². The zero-order valence-corrected chi connectivity index (χ0v) is 50.3. The van der Waals surface area contributed by atoms with Crippen molar-refractivity contribution in [3.8, 4) is 22.3 Å². The number of rotatable bonds is 6. The van der Waals surface area contributed by atoms with E-state index in [2.05, 4.69) is 303 Å². The highest BCUT2D eigenvalue weighted by atomic mass is 32.1. The van der Waals surface area contributed by atoms with Gasteiger partial charge in [0.25, 0.3) is 6.71 Å². The van der Waals surface area contributed by atoms with Gasteiger partial charge in [-0.05, 0) is 168 Å². The van der Waals surface area contributed by atoms with E-state index in [0.29, 0.717) is 0 Å². The Bertz CT molecular complexity index is 4530. The van der Waals surface area contributed by atoms with Crippen molar-refractivity contribution in [2.24, 2.45) is 0 Å². The fraction of sp³-hybridized carbons (Fsp3) is 0.195. The van der Waals surface area contributed by atoms with Crippen molar-refractivity contribution in [3.05, 3.63) is 240 Å². The van der Waals surface area contributed by atoms with Crippen LogP contribution in [0.1, 0.15) is 104 Å². The minimum absolute atomic E-state index is 0.00482. The van der Waals surface area contributed by atoms with Gasteiger partial charge < -0.3 is 19.1 Å². The fourth-order valence-corrected chi connectivity index (χ4v) is 15.2. The molecule has 4 heterocycles. The fourth-order valence-electron chi connectivity index (χ4n) is 13.8. The molecule has 12 aromatic rings. The van der Waals surface area contributed by atoms with Crippen LogP contribution in [0.2, 0.25) is 0 Å². The first-order valence-electron chi connectivity index (χ1n) is 29.5. The topological polar surface area (TPSA) is 22.9 Å². The summed E-state index contributed by atoms with van der Waals surface area (Å²) in [7, 11) is 0. The monoisotopic (exact) mass is 1090 g/mol. The third-order valence-electron chi connectivity index (χ3n) is 18.3. The summed E-state index contributed by atoms with van der Waals surface area (Å²) >= 11 is 1.98. The molecule has 10 aromatic carbocycles. The van der Waals surface area contributed by atoms with Crippen LogP contribution in [0, 0.1) is 0 Å². The highest BCUT2D eigenvalue weighted by Gasteiger charge is 2.47. The predicted molar refractivity (Wildman–Crippen MR) is 357 cm³/mol. The first-order valence-corrected chi connectivity index (χ1v) is 30.3. The lowest BCUT2D eigenvalue weighted by Gasteiger charge is -2.44. The number of thiophene rings is 1. The van der Waals surface area contributed by atoms with Gasteiger partial charge in [-0.15, -0.1) is 11.3 Å². The molecule has 406 valence electrons. The van der Waals surface area contributed by atoms with Gasteiger partial charge in [0.15, 0.2) is 0 Å². The lowest BCUT2D eigenvalue weighted by Crippen LogP contribution is -2.60. The van der Waals surface area contributed by atoms with Crippen LogP contribution in [0.25, 0.3) is 54.3 Å². The number of anilines is 9. The van der Waals surface area contributed by atoms with Crippen molar-refractivity contribution in [2.75, 3.05) is 14.7 Å². The van der Waals surface area contributed by atoms with E-state index in [4.69, 9.17) is 4.42 Å². The van der Waals surface area contributed by atoms with Crippen LogP contribution in [-0.2, 0) is 21.7 Å². The molecule has 1 aliphatic carbocycles. The molecule has 0 saturated heterocycles. The van der Waals surface area contributed by atoms with Crippen LogP contribution >= 0.6 is 11.3 Å². The molecule has 0 radical (unpaired) electrons. The van der Waals surface area contributed by atoms with Gasteiger partial charge in [-0.3, -0.25) is 0 Å². The van der Waals surface area contributed by atoms with Gasteiger partial charge in [-0.1, -0.05) is 197 Å². The Hall–Kier alpha value is -8.58. The van der Waals surface area contributed by atoms with Crippen LogP contribution in [0.5, 0.6) is 0 Å². The zero-order chi connectivity index (χ0) is 57.1. The van der Waals surface area contributed by atoms with E-state index >= 15 is 0 Å². The number of furan rings is 1. The van der Waals surface area contributed by atoms with Crippen molar-refractivity contribution >= 4 is 117 Å². The predicted octanol–water partition coefficient (Wildman–Crippen LogP) is 20.2. The number of fused-ring (bicyclic) bond motifs is 12. The maximum atomic E-state index is 6.79. The van der Waals surface area contributed by atoms with Crippen LogP contribution in [-0.4, -0.2) is 6.71 Å². The van der Waals surface area contributed by atoms with E-state index in [9.17, 15) is 0 Å². The molecule has 0 amide bonds. The summed E-state index contributed by atoms with van der Waals surface area (Å²) in [6.45, 7) is 25.4. The Labute approximate surface area is 493 Å². The summed E-state index contributed by atoms with van der Waals surface area (Å²) < 4.78 is 9.45. The highest BCUT2D eigenvalue weighted by Crippen LogP contribution is 2.55. The third-order valence-corrected chi connectivity index (χ3v) is 19.5. The highest BCUT2D eigenvalue weighted by molar-refractivity contribution is 7.33. The maximum absolute atomic E-state index is 6.79. The molecule has 2 aromatic heterocycles. The summed E-state index contributed by atoms with van der Waals surface area (Å²) in [5, 5.41) is 3.47. The van der Waals surface area contributed by atoms with Gasteiger partial charge in [0.1, 0.15) is 11.2 Å². The molecule has 3 aliphatic rings. The summed E-state index contributed by atoms with van der Waals surface area (Å²) in [5.41, 5.74) is 26.1. The number of benzene rings is 10. The second-order valence-electron chi connectivity index (χ2n) is 27.0. The lowest BCUT2D eigenvalue weighted by molar-refractivity contribution is 0.590. The summed E-state index contributed by atoms with van der Waals surface area (Å²) in [4.78, 5) is 7.69. The molecule has 15 rings (SSSR count). The molecule has 0 N–H and O–H groups in total. The number of nitrogens with zero attached hydrogens (tertiary/aromatic N) is 3. The van der Waals surface area contributed by atoms with E-state index < -0.39 is 0 Å². The van der Waals surface area contributed by atoms with E-state index in [1.165, 1.54) is 81.7 Å². The van der Waals surface area contributed by atoms with Gasteiger partial charge in [-0.2, -0.15) is 0 Å². The number of hydrogen-bond acceptors (Lipinski definition) is 5. The van der Waals surface area contributed by atoms with Gasteiger partial charge in [0.05, 0.1) is 16.8 Å². The zero-order valence-electron chi connectivity index (χ0n) is 49.4. The average molecular weight is 1090 g/mol. The minimum atomic E-state index is -0.146. The molecule has 0 fully saturated rings. The second kappa shape index (κ2) is 18.2. The van der Waals surface area contributed by atoms with Crippen molar-refractivity contribution in [2.45, 2.75) is 97.8 Å². The van der Waals surface area contributed by atoms with Crippen LogP contribution in [0.15, 0.2) is 217 Å². The summed E-state index contributed by atoms with van der Waals surface area (Å²) in [6, 6.07) is 80.6.